The zero-order valence-electron chi connectivity index (χ0n) is 17.2. The Kier molecular flexibility index (Phi) is 4.91. The third-order valence-electron chi connectivity index (χ3n) is 5.27. The average molecular weight is 428 g/mol. The van der Waals surface area contributed by atoms with Gasteiger partial charge < -0.3 is 20.0 Å². The quantitative estimate of drug-likeness (QED) is 0.506. The van der Waals surface area contributed by atoms with Crippen LogP contribution in [0.4, 0.5) is 11.5 Å². The number of furan rings is 1. The van der Waals surface area contributed by atoms with Gasteiger partial charge >= 0.3 is 0 Å². The average Bonchev–Trinajstić information content (AvgIpc) is 3.50. The molecule has 4 heterocycles. The van der Waals surface area contributed by atoms with Crippen molar-refractivity contribution in [1.82, 2.24) is 20.1 Å². The normalized spacial score (nSPS) is 15.2. The van der Waals surface area contributed by atoms with Crippen molar-refractivity contribution in [1.29, 1.82) is 0 Å². The van der Waals surface area contributed by atoms with E-state index in [0.717, 1.165) is 5.56 Å². The fourth-order valence-electron chi connectivity index (χ4n) is 3.66. The van der Waals surface area contributed by atoms with Crippen LogP contribution in [0.25, 0.3) is 0 Å². The molecule has 0 bridgehead atoms. The molecule has 0 spiro atoms. The lowest BCUT2D eigenvalue weighted by molar-refractivity contribution is 0.0926. The molecule has 2 amide bonds. The molecule has 3 aromatic heterocycles. The van der Waals surface area contributed by atoms with Crippen molar-refractivity contribution < 1.29 is 14.0 Å². The number of rotatable bonds is 5. The summed E-state index contributed by atoms with van der Waals surface area (Å²) in [6.07, 6.45) is 4.82. The molecule has 1 atom stereocenters. The number of benzene rings is 1. The number of aromatic nitrogens is 3. The maximum Gasteiger partial charge on any atom is 0.291 e. The lowest BCUT2D eigenvalue weighted by atomic mass is 10.1. The lowest BCUT2D eigenvalue weighted by Crippen LogP contribution is -2.45. The molecule has 1 aliphatic rings. The molecule has 9 heteroatoms. The van der Waals surface area contributed by atoms with Gasteiger partial charge in [0.1, 0.15) is 17.7 Å². The minimum Gasteiger partial charge on any atom is -0.454 e. The first-order valence-corrected chi connectivity index (χ1v) is 10.0. The topological polar surface area (TPSA) is 105 Å². The first kappa shape index (κ1) is 19.6. The van der Waals surface area contributed by atoms with E-state index in [0.29, 0.717) is 29.4 Å². The van der Waals surface area contributed by atoms with Crippen LogP contribution in [-0.2, 0) is 6.54 Å². The molecular formula is C23H20N6O3. The molecule has 32 heavy (non-hydrogen) atoms. The first-order chi connectivity index (χ1) is 15.6. The number of hydrogen-bond donors (Lipinski definition) is 2. The van der Waals surface area contributed by atoms with Crippen molar-refractivity contribution >= 4 is 23.3 Å². The van der Waals surface area contributed by atoms with E-state index in [9.17, 15) is 9.59 Å². The van der Waals surface area contributed by atoms with Crippen LogP contribution in [0.3, 0.4) is 0 Å². The van der Waals surface area contributed by atoms with E-state index in [4.69, 9.17) is 4.42 Å². The molecule has 0 fully saturated rings. The van der Waals surface area contributed by atoms with Crippen LogP contribution in [0.2, 0.25) is 0 Å². The van der Waals surface area contributed by atoms with Crippen LogP contribution >= 0.6 is 0 Å². The van der Waals surface area contributed by atoms with Gasteiger partial charge in [-0.05, 0) is 48.0 Å². The fraction of sp³-hybridized carbons (Fsp3) is 0.130. The van der Waals surface area contributed by atoms with Gasteiger partial charge in [0.25, 0.3) is 11.8 Å². The molecule has 1 aliphatic heterocycles. The zero-order valence-corrected chi connectivity index (χ0v) is 17.2. The molecule has 1 aromatic carbocycles. The van der Waals surface area contributed by atoms with Gasteiger partial charge in [-0.25, -0.2) is 4.98 Å². The highest BCUT2D eigenvalue weighted by Crippen LogP contribution is 2.30. The van der Waals surface area contributed by atoms with Crippen molar-refractivity contribution in [2.75, 3.05) is 17.3 Å². The van der Waals surface area contributed by atoms with Crippen LogP contribution in [0.5, 0.6) is 0 Å². The zero-order chi connectivity index (χ0) is 22.1. The number of fused-ring (bicyclic) bond motifs is 1. The summed E-state index contributed by atoms with van der Waals surface area (Å²) in [5.74, 6) is 0.975. The summed E-state index contributed by atoms with van der Waals surface area (Å²) in [6, 6.07) is 16.0. The van der Waals surface area contributed by atoms with Crippen molar-refractivity contribution in [3.63, 3.8) is 0 Å². The number of carbonyl (C=O) groups is 2. The summed E-state index contributed by atoms with van der Waals surface area (Å²) < 4.78 is 7.35. The Morgan fingerprint density at radius 1 is 1.12 bits per heavy atom. The van der Waals surface area contributed by atoms with Gasteiger partial charge in [0.15, 0.2) is 5.76 Å². The highest BCUT2D eigenvalue weighted by Gasteiger charge is 2.30. The number of carbonyl (C=O) groups excluding carboxylic acids is 2. The number of nitrogens with zero attached hydrogens (tertiary/aromatic N) is 4. The largest absolute Gasteiger partial charge is 0.454 e. The van der Waals surface area contributed by atoms with Gasteiger partial charge in [-0.3, -0.25) is 14.3 Å². The van der Waals surface area contributed by atoms with E-state index in [2.05, 4.69) is 20.7 Å². The highest BCUT2D eigenvalue weighted by atomic mass is 16.4. The van der Waals surface area contributed by atoms with E-state index in [1.807, 2.05) is 36.3 Å². The van der Waals surface area contributed by atoms with Crippen LogP contribution in [-0.4, -0.2) is 33.6 Å². The Morgan fingerprint density at radius 2 is 1.97 bits per heavy atom. The second kappa shape index (κ2) is 8.03. The molecule has 2 N–H and O–H groups in total. The number of hydrogen-bond acceptors (Lipinski definition) is 6. The molecule has 5 rings (SSSR count). The smallest absolute Gasteiger partial charge is 0.291 e. The molecule has 0 radical (unpaired) electrons. The van der Waals surface area contributed by atoms with Crippen LogP contribution in [0.1, 0.15) is 38.4 Å². The molecule has 0 saturated carbocycles. The minimum atomic E-state index is -0.357. The van der Waals surface area contributed by atoms with Crippen molar-refractivity contribution in [2.45, 2.75) is 12.7 Å². The van der Waals surface area contributed by atoms with Crippen molar-refractivity contribution in [3.8, 4) is 0 Å². The van der Waals surface area contributed by atoms with Crippen LogP contribution in [0.15, 0.2) is 77.6 Å². The van der Waals surface area contributed by atoms with Gasteiger partial charge in [0.2, 0.25) is 0 Å². The second-order valence-corrected chi connectivity index (χ2v) is 7.41. The molecule has 160 valence electrons. The van der Waals surface area contributed by atoms with E-state index < -0.39 is 0 Å². The SMILES string of the molecule is CN1c2ncccc2C(=O)NC1c1ccc(NC(=O)c2ccc(Cn3cccn3)o2)cc1. The summed E-state index contributed by atoms with van der Waals surface area (Å²) in [6.45, 7) is 0.452. The Labute approximate surface area is 183 Å². The predicted octanol–water partition coefficient (Wildman–Crippen LogP) is 3.05. The summed E-state index contributed by atoms with van der Waals surface area (Å²) in [4.78, 5) is 31.2. The standard InChI is InChI=1S/C23H20N6O3/c1-28-20(27-22(30)18-4-2-11-24-21(18)28)15-5-7-16(8-6-15)26-23(31)19-10-9-17(32-19)14-29-13-3-12-25-29/h2-13,20H,14H2,1H3,(H,26,31)(H,27,30). The molecular weight excluding hydrogens is 408 g/mol. The maximum atomic E-state index is 12.5. The second-order valence-electron chi connectivity index (χ2n) is 7.41. The Hall–Kier alpha value is -4.40. The monoisotopic (exact) mass is 428 g/mol. The predicted molar refractivity (Wildman–Crippen MR) is 117 cm³/mol. The van der Waals surface area contributed by atoms with Crippen LogP contribution < -0.4 is 15.5 Å². The molecule has 0 saturated heterocycles. The maximum absolute atomic E-state index is 12.5. The first-order valence-electron chi connectivity index (χ1n) is 10.0. The number of anilines is 2. The van der Waals surface area contributed by atoms with E-state index >= 15 is 0 Å². The van der Waals surface area contributed by atoms with Gasteiger partial charge in [-0.2, -0.15) is 5.10 Å². The molecule has 4 aromatic rings. The lowest BCUT2D eigenvalue weighted by Gasteiger charge is -2.35. The summed E-state index contributed by atoms with van der Waals surface area (Å²) in [7, 11) is 1.88. The Morgan fingerprint density at radius 3 is 2.75 bits per heavy atom. The van der Waals surface area contributed by atoms with Crippen molar-refractivity contribution in [3.05, 3.63) is 95.8 Å². The fourth-order valence-corrected chi connectivity index (χ4v) is 3.66. The van der Waals surface area contributed by atoms with E-state index in [1.165, 1.54) is 0 Å². The number of pyridine rings is 1. The number of nitrogens with one attached hydrogen (secondary N) is 2. The molecule has 9 nitrogen and oxygen atoms in total. The number of amides is 2. The summed E-state index contributed by atoms with van der Waals surface area (Å²) >= 11 is 0. The Bertz CT molecular complexity index is 1260. The van der Waals surface area contributed by atoms with Crippen molar-refractivity contribution in [2.24, 2.45) is 0 Å². The van der Waals surface area contributed by atoms with Gasteiger partial charge in [-0.1, -0.05) is 12.1 Å². The molecule has 1 unspecified atom stereocenters. The third-order valence-corrected chi connectivity index (χ3v) is 5.27. The third kappa shape index (κ3) is 3.71. The van der Waals surface area contributed by atoms with Gasteiger partial charge in [-0.15, -0.1) is 0 Å². The Balaban J connectivity index is 1.27. The molecule has 0 aliphatic carbocycles. The van der Waals surface area contributed by atoms with Gasteiger partial charge in [0, 0.05) is 31.3 Å². The van der Waals surface area contributed by atoms with E-state index in [1.54, 1.807) is 53.5 Å². The van der Waals surface area contributed by atoms with E-state index in [-0.39, 0.29) is 23.7 Å². The summed E-state index contributed by atoms with van der Waals surface area (Å²) in [5.41, 5.74) is 2.03. The van der Waals surface area contributed by atoms with Gasteiger partial charge in [0.05, 0.1) is 12.1 Å². The highest BCUT2D eigenvalue weighted by molar-refractivity contribution is 6.02. The minimum absolute atomic E-state index is 0.169. The summed E-state index contributed by atoms with van der Waals surface area (Å²) in [5, 5.41) is 9.94. The van der Waals surface area contributed by atoms with Crippen LogP contribution in [0, 0.1) is 0 Å².